The van der Waals surface area contributed by atoms with Crippen molar-refractivity contribution >= 4 is 97.6 Å². The number of ether oxygens (including phenoxy) is 9. The Bertz CT molecular complexity index is 5270. The number of hydrogen-bond donors (Lipinski definition) is 24. The lowest BCUT2D eigenvalue weighted by atomic mass is 9.85. The first-order valence-electron chi connectivity index (χ1n) is 40.5. The molecule has 0 unspecified atom stereocenters. The summed E-state index contributed by atoms with van der Waals surface area (Å²) in [7, 11) is -9.98. The van der Waals surface area contributed by atoms with Gasteiger partial charge in [0.05, 0.1) is 53.3 Å². The van der Waals surface area contributed by atoms with E-state index < -0.39 is 341 Å². The maximum Gasteiger partial charge on any atom is 0.360 e. The van der Waals surface area contributed by atoms with Gasteiger partial charge in [-0.25, -0.2) is 4.79 Å². The number of carboxylic acid groups (broad SMARTS) is 1. The molecule has 8 aliphatic rings. The Labute approximate surface area is 750 Å². The maximum absolute atomic E-state index is 16.6. The number of likely N-dealkylation sites (N-methyl/N-ethyl adjacent to an activating group) is 1. The summed E-state index contributed by atoms with van der Waals surface area (Å²) in [5.41, 5.74) is 8.20. The Balaban J connectivity index is 1.16. The Morgan fingerprint density at radius 1 is 0.654 bits per heavy atom. The van der Waals surface area contributed by atoms with Crippen LogP contribution in [0, 0.1) is 11.3 Å². The zero-order valence-corrected chi connectivity index (χ0v) is 74.2. The monoisotopic (exact) mass is 1910 g/mol. The largest absolute Gasteiger partial charge is 0.508 e. The van der Waals surface area contributed by atoms with Crippen LogP contribution < -0.4 is 73.9 Å². The van der Waals surface area contributed by atoms with Crippen molar-refractivity contribution in [1.82, 2.24) is 42.5 Å². The Morgan fingerprint density at radius 2 is 1.21 bits per heavy atom. The molecule has 0 spiro atoms. The van der Waals surface area contributed by atoms with Gasteiger partial charge in [-0.05, 0) is 129 Å². The zero-order valence-electron chi connectivity index (χ0n) is 70.9. The fourth-order valence-electron chi connectivity index (χ4n) is 15.9. The third-order valence-electron chi connectivity index (χ3n) is 22.6. The van der Waals surface area contributed by atoms with E-state index in [1.165, 1.54) is 54.7 Å². The second-order valence-corrected chi connectivity index (χ2v) is 39.0. The molecule has 13 rings (SSSR count). The molecule has 8 aliphatic heterocycles. The highest BCUT2D eigenvalue weighted by Gasteiger charge is 2.54. The third kappa shape index (κ3) is 23.2. The first-order chi connectivity index (χ1) is 60.5. The first-order valence-corrected chi connectivity index (χ1v) is 44.7. The van der Waals surface area contributed by atoms with Crippen LogP contribution in [0.2, 0.25) is 10.0 Å². The number of primary amides is 1. The number of benzene rings is 5. The molecule has 8 amide bonds. The number of aromatic hydroxyl groups is 3. The molecule has 0 aromatic heterocycles. The number of halogens is 2. The maximum atomic E-state index is 16.6. The number of carboxylic acids is 1. The number of phenolic OH excluding ortho intramolecular Hbond substituents is 3. The highest BCUT2D eigenvalue weighted by atomic mass is 35.5. The average molecular weight is 1910 g/mol. The number of aliphatic hydroxyl groups is 5. The van der Waals surface area contributed by atoms with Crippen LogP contribution in [0.25, 0.3) is 11.1 Å². The fraction of sp³-hybridized carbons (Fsp3) is 0.506. The quantitative estimate of drug-likeness (QED) is 0.0312. The van der Waals surface area contributed by atoms with Crippen LogP contribution in [0.1, 0.15) is 152 Å². The average Bonchev–Trinajstić information content (AvgIpc) is 0.771. The van der Waals surface area contributed by atoms with Crippen molar-refractivity contribution in [2.75, 3.05) is 13.7 Å². The Hall–Kier alpha value is -10.0. The number of carbonyl (C=O) groups excluding carboxylic acids is 9. The summed E-state index contributed by atoms with van der Waals surface area (Å²) in [5.74, 6) is -20.0. The van der Waals surface area contributed by atoms with E-state index in [1.54, 1.807) is 19.2 Å². The lowest BCUT2D eigenvalue weighted by molar-refractivity contribution is -0.333. The summed E-state index contributed by atoms with van der Waals surface area (Å²) in [6.45, 7) is 10.8. The van der Waals surface area contributed by atoms with E-state index in [9.17, 15) is 98.6 Å². The van der Waals surface area contributed by atoms with Gasteiger partial charge >= 0.3 is 27.1 Å². The highest BCUT2D eigenvalue weighted by molar-refractivity contribution is 7.70. The number of carbonyl (C=O) groups is 10. The minimum absolute atomic E-state index is 0.146. The van der Waals surface area contributed by atoms with Gasteiger partial charge < -0.3 is 168 Å². The SMILES string of the molecule is CN[C@H](CC(C)C)C(=O)N[C@H]1C(=O)N[C@@H](CC(N)=O)C(=O)N[C@H]2C(=O)N[C@H]3C(=O)N[C@H](C(=O)N[C@H](C(=O)O)c4cc(O)cc(O)c4-c4cc3ccc4O)[C@H](O[C@H]3C[C@](C)(N)[C@@H](O)[C@H](C)O3)c3ccc(c(Cl)c3)Oc3cc2cc(c3O[C@@H]2O[C@H](COC(=O)CC(C)(C)CC(=O)NC(P(=O)(O)O)P(=O)(O)O)[C@@H](O)[C@H](O)[C@H]2O[C@H]2C[C@](C)(N)[C@@H](O)[C@H](C)O2)Oc2ccc(cc2Cl)[C@H]1O. The molecule has 3 fully saturated rings. The van der Waals surface area contributed by atoms with Gasteiger partial charge in [0, 0.05) is 53.1 Å². The molecule has 710 valence electrons. The van der Waals surface area contributed by atoms with Crippen molar-refractivity contribution in [3.8, 4) is 57.1 Å². The molecule has 27 N–H and O–H groups in total. The van der Waals surface area contributed by atoms with E-state index >= 15 is 24.0 Å². The molecule has 0 radical (unpaired) electrons. The van der Waals surface area contributed by atoms with Crippen LogP contribution in [-0.4, -0.2) is 247 Å². The number of amides is 8. The zero-order chi connectivity index (χ0) is 96.0. The molecule has 0 saturated carbocycles. The molecule has 11 bridgehead atoms. The van der Waals surface area contributed by atoms with Crippen molar-refractivity contribution in [3.63, 3.8) is 0 Å². The van der Waals surface area contributed by atoms with Gasteiger partial charge in [0.25, 0.3) is 0 Å². The van der Waals surface area contributed by atoms with Gasteiger partial charge in [-0.1, -0.05) is 69.1 Å². The number of hydrogen-bond acceptors (Lipinski definition) is 32. The molecule has 130 heavy (non-hydrogen) atoms. The Kier molecular flexibility index (Phi) is 30.8. The van der Waals surface area contributed by atoms with E-state index in [0.29, 0.717) is 0 Å². The summed E-state index contributed by atoms with van der Waals surface area (Å²) in [6, 6.07) is -1.82. The molecular weight excluding hydrogens is 1800 g/mol. The van der Waals surface area contributed by atoms with E-state index in [0.717, 1.165) is 72.8 Å². The van der Waals surface area contributed by atoms with Gasteiger partial charge in [-0.3, -0.25) is 52.3 Å². The minimum Gasteiger partial charge on any atom is -0.508 e. The van der Waals surface area contributed by atoms with Crippen LogP contribution in [0.3, 0.4) is 0 Å². The van der Waals surface area contributed by atoms with E-state index in [-0.39, 0.29) is 23.5 Å². The second kappa shape index (κ2) is 39.8. The number of phenols is 3. The van der Waals surface area contributed by atoms with Crippen LogP contribution in [0.15, 0.2) is 78.9 Å². The Morgan fingerprint density at radius 3 is 1.76 bits per heavy atom. The van der Waals surface area contributed by atoms with Gasteiger partial charge in [-0.2, -0.15) is 0 Å². The topological polar surface area (TPSA) is 725 Å². The summed E-state index contributed by atoms with van der Waals surface area (Å²) < 4.78 is 82.1. The van der Waals surface area contributed by atoms with Crippen LogP contribution in [0.5, 0.6) is 46.0 Å². The molecule has 0 aliphatic carbocycles. The van der Waals surface area contributed by atoms with Crippen LogP contribution >= 0.6 is 38.4 Å². The molecule has 49 heteroatoms. The van der Waals surface area contributed by atoms with Gasteiger partial charge in [-0.15, -0.1) is 0 Å². The minimum atomic E-state index is -5.71. The smallest absolute Gasteiger partial charge is 0.360 e. The van der Waals surface area contributed by atoms with Crippen molar-refractivity contribution < 1.29 is 165 Å². The van der Waals surface area contributed by atoms with Crippen molar-refractivity contribution in [1.29, 1.82) is 0 Å². The lowest BCUT2D eigenvalue weighted by Crippen LogP contribution is -2.64. The van der Waals surface area contributed by atoms with Crippen molar-refractivity contribution in [3.05, 3.63) is 117 Å². The molecule has 22 atom stereocenters. The summed E-state index contributed by atoms with van der Waals surface area (Å²) in [6.07, 6.45) is -26.8. The molecule has 3 saturated heterocycles. The molecule has 45 nitrogen and oxygen atoms in total. The molecule has 5 aromatic carbocycles. The predicted octanol–water partition coefficient (Wildman–Crippen LogP) is 0.456. The first kappa shape index (κ1) is 101. The van der Waals surface area contributed by atoms with Gasteiger partial charge in [0.15, 0.2) is 36.2 Å². The van der Waals surface area contributed by atoms with Gasteiger partial charge in [0.2, 0.25) is 64.8 Å². The molecular formula is C81H103Cl2N11O34P2. The normalized spacial score (nSPS) is 29.4. The van der Waals surface area contributed by atoms with Crippen molar-refractivity contribution in [2.24, 2.45) is 28.5 Å². The second-order valence-electron chi connectivity index (χ2n) is 34.4. The van der Waals surface area contributed by atoms with E-state index in [1.807, 2.05) is 0 Å². The number of aliphatic carboxylic acids is 1. The number of nitrogens with two attached hydrogens (primary N) is 3. The van der Waals surface area contributed by atoms with E-state index in [4.69, 9.17) is 83.0 Å². The third-order valence-corrected chi connectivity index (χ3v) is 26.5. The van der Waals surface area contributed by atoms with Crippen LogP contribution in [0.4, 0.5) is 0 Å². The standard InChI is InChI=1S/C81H103Cl2N11O34P2/c1-30(2)16-42(87-9)70(106)93-60-62(101)34-11-14-46(40(82)18-34)123-48-20-36-21-49(66(48)128-77-67(127-55-28-81(8,86)69(105)32(4)122-55)64(103)63(102)50(125-77)29-120-53(100)26-79(5,6)25-52(99)89-78(129(114,115)116)130(117,118)119)124-47-15-12-35(19-41(47)83)65(126-54-27-80(7,85)68(104)31(3)121-54)61-75(111)92-59(76(112)113)39-22-37(95)23-45(97)56(39)38-17-33(10-13-44(38)96)57(72(108)94-61)91-73(109)58(36)90-71(107)43(24-51(84)98)88-74(60)110/h10-15,17-23,30-32,42-43,50,54-55,57-65,67-69,77-78,87,95-97,101-105H,16,24-29,85-86H2,1-9H3,(H2,84,98)(H,88,110)(H,89,99)(H,90,107)(H,91,109)(H,92,111)(H,93,106)(H,94,108)(H,112,113)(H2,114,115,116)(H2,117,118,119)/t31-,32-,42+,43-,50+,54-,55-,57+,58+,59-,60+,61-,62+,63+,64-,65+,67+,68-,69-,77-,80-,81-/m0/s1. The summed E-state index contributed by atoms with van der Waals surface area (Å²) in [4.78, 5) is 187. The van der Waals surface area contributed by atoms with Crippen molar-refractivity contribution in [2.45, 2.75) is 233 Å². The lowest BCUT2D eigenvalue weighted by Gasteiger charge is -2.47. The van der Waals surface area contributed by atoms with E-state index in [2.05, 4.69) is 37.2 Å². The number of aliphatic hydroxyl groups excluding tert-OH is 5. The number of fused-ring (bicyclic) bond motifs is 15. The van der Waals surface area contributed by atoms with Crippen LogP contribution in [-0.2, 0) is 85.5 Å². The predicted molar refractivity (Wildman–Crippen MR) is 449 cm³/mol. The summed E-state index contributed by atoms with van der Waals surface area (Å²) in [5, 5.41) is 124. The fourth-order valence-corrected chi connectivity index (χ4v) is 18.6. The molecule has 8 heterocycles. The summed E-state index contributed by atoms with van der Waals surface area (Å²) >= 11 is 14.6. The number of nitrogens with one attached hydrogen (secondary N) is 8. The molecule has 5 aromatic rings. The highest BCUT2D eigenvalue weighted by Crippen LogP contribution is 2.59. The van der Waals surface area contributed by atoms with Gasteiger partial charge in [0.1, 0.15) is 96.1 Å². The number of esters is 1. The number of rotatable bonds is 23.